The average Bonchev–Trinajstić information content (AvgIpc) is 2.88. The third-order valence-corrected chi connectivity index (χ3v) is 3.11. The van der Waals surface area contributed by atoms with E-state index in [0.29, 0.717) is 12.2 Å². The van der Waals surface area contributed by atoms with Crippen LogP contribution in [0.2, 0.25) is 0 Å². The Labute approximate surface area is 90.4 Å². The standard InChI is InChI=1S/C10H9IO2/c11-10-5-8(13-6-12)3-4-9(10)7-1-2-7/h3-7H,1-2H2. The fourth-order valence-corrected chi connectivity index (χ4v) is 2.29. The fourth-order valence-electron chi connectivity index (χ4n) is 1.36. The van der Waals surface area contributed by atoms with Gasteiger partial charge in [-0.05, 0) is 59.0 Å². The largest absolute Gasteiger partial charge is 0.429 e. The smallest absolute Gasteiger partial charge is 0.298 e. The number of benzene rings is 1. The lowest BCUT2D eigenvalue weighted by Gasteiger charge is -2.03. The second kappa shape index (κ2) is 3.65. The number of halogens is 1. The van der Waals surface area contributed by atoms with E-state index in [2.05, 4.69) is 28.7 Å². The molecule has 1 aliphatic rings. The third kappa shape index (κ3) is 2.02. The maximum atomic E-state index is 10.1. The molecule has 2 nitrogen and oxygen atoms in total. The molecule has 3 heteroatoms. The van der Waals surface area contributed by atoms with Gasteiger partial charge in [-0.1, -0.05) is 6.07 Å². The molecule has 0 bridgehead atoms. The molecule has 13 heavy (non-hydrogen) atoms. The summed E-state index contributed by atoms with van der Waals surface area (Å²) in [6.45, 7) is 0.461. The number of ether oxygens (including phenoxy) is 1. The molecular formula is C10H9IO2. The molecule has 0 aliphatic heterocycles. The van der Waals surface area contributed by atoms with Crippen molar-refractivity contribution in [3.63, 3.8) is 0 Å². The number of carbonyl (C=O) groups excluding carboxylic acids is 1. The van der Waals surface area contributed by atoms with E-state index in [1.54, 1.807) is 0 Å². The molecule has 68 valence electrons. The Bertz CT molecular complexity index is 332. The number of carbonyl (C=O) groups is 1. The molecule has 0 radical (unpaired) electrons. The van der Waals surface area contributed by atoms with Crippen molar-refractivity contribution in [1.82, 2.24) is 0 Å². The molecule has 1 fully saturated rings. The van der Waals surface area contributed by atoms with Gasteiger partial charge < -0.3 is 4.74 Å². The summed E-state index contributed by atoms with van der Waals surface area (Å²) in [6.07, 6.45) is 2.59. The van der Waals surface area contributed by atoms with Crippen LogP contribution in [0.1, 0.15) is 24.3 Å². The highest BCUT2D eigenvalue weighted by molar-refractivity contribution is 14.1. The molecule has 0 heterocycles. The summed E-state index contributed by atoms with van der Waals surface area (Å²) in [6, 6.07) is 5.81. The van der Waals surface area contributed by atoms with Crippen LogP contribution < -0.4 is 4.74 Å². The summed E-state index contributed by atoms with van der Waals surface area (Å²) in [5.41, 5.74) is 1.39. The van der Waals surface area contributed by atoms with Crippen molar-refractivity contribution in [1.29, 1.82) is 0 Å². The van der Waals surface area contributed by atoms with Gasteiger partial charge in [0.1, 0.15) is 5.75 Å². The minimum atomic E-state index is 0.461. The maximum absolute atomic E-state index is 10.1. The first-order valence-electron chi connectivity index (χ1n) is 4.21. The molecule has 0 amide bonds. The van der Waals surface area contributed by atoms with E-state index in [0.717, 1.165) is 5.92 Å². The van der Waals surface area contributed by atoms with Crippen molar-refractivity contribution in [2.45, 2.75) is 18.8 Å². The quantitative estimate of drug-likeness (QED) is 0.631. The van der Waals surface area contributed by atoms with Crippen LogP contribution in [0.3, 0.4) is 0 Å². The van der Waals surface area contributed by atoms with Gasteiger partial charge in [0.2, 0.25) is 0 Å². The average molecular weight is 288 g/mol. The molecule has 0 spiro atoms. The SMILES string of the molecule is O=COc1ccc(C2CC2)c(I)c1. The highest BCUT2D eigenvalue weighted by atomic mass is 127. The zero-order valence-corrected chi connectivity index (χ0v) is 9.15. The summed E-state index contributed by atoms with van der Waals surface area (Å²) in [5, 5.41) is 0. The van der Waals surface area contributed by atoms with E-state index < -0.39 is 0 Å². The minimum absolute atomic E-state index is 0.461. The molecule has 0 N–H and O–H groups in total. The Kier molecular flexibility index (Phi) is 2.53. The van der Waals surface area contributed by atoms with Crippen LogP contribution in [-0.4, -0.2) is 6.47 Å². The lowest BCUT2D eigenvalue weighted by Crippen LogP contribution is -1.91. The van der Waals surface area contributed by atoms with E-state index in [4.69, 9.17) is 4.74 Å². The number of hydrogen-bond acceptors (Lipinski definition) is 2. The van der Waals surface area contributed by atoms with Crippen molar-refractivity contribution >= 4 is 29.1 Å². The molecule has 0 unspecified atom stereocenters. The molecule has 1 aliphatic carbocycles. The van der Waals surface area contributed by atoms with Gasteiger partial charge in [-0.3, -0.25) is 4.79 Å². The van der Waals surface area contributed by atoms with Gasteiger partial charge in [0.15, 0.2) is 0 Å². The highest BCUT2D eigenvalue weighted by Gasteiger charge is 2.25. The Morgan fingerprint density at radius 3 is 2.77 bits per heavy atom. The van der Waals surface area contributed by atoms with Crippen LogP contribution in [0.15, 0.2) is 18.2 Å². The predicted molar refractivity (Wildman–Crippen MR) is 57.8 cm³/mol. The predicted octanol–water partition coefficient (Wildman–Crippen LogP) is 2.70. The van der Waals surface area contributed by atoms with Crippen molar-refractivity contribution in [2.24, 2.45) is 0 Å². The first-order chi connectivity index (χ1) is 6.31. The summed E-state index contributed by atoms with van der Waals surface area (Å²) >= 11 is 2.28. The fraction of sp³-hybridized carbons (Fsp3) is 0.300. The van der Waals surface area contributed by atoms with Crippen molar-refractivity contribution < 1.29 is 9.53 Å². The Morgan fingerprint density at radius 2 is 2.23 bits per heavy atom. The molecule has 0 saturated heterocycles. The van der Waals surface area contributed by atoms with Crippen molar-refractivity contribution in [3.05, 3.63) is 27.3 Å². The Balaban J connectivity index is 2.25. The summed E-state index contributed by atoms with van der Waals surface area (Å²) in [7, 11) is 0. The second-order valence-electron chi connectivity index (χ2n) is 3.17. The van der Waals surface area contributed by atoms with Gasteiger partial charge in [-0.2, -0.15) is 0 Å². The molecule has 1 saturated carbocycles. The highest BCUT2D eigenvalue weighted by Crippen LogP contribution is 2.42. The van der Waals surface area contributed by atoms with Gasteiger partial charge in [-0.15, -0.1) is 0 Å². The van der Waals surface area contributed by atoms with Crippen LogP contribution in [0.5, 0.6) is 5.75 Å². The molecule has 2 rings (SSSR count). The normalized spacial score (nSPS) is 15.5. The lowest BCUT2D eigenvalue weighted by molar-refractivity contribution is -0.120. The first kappa shape index (κ1) is 8.99. The Hall–Kier alpha value is -0.580. The van der Waals surface area contributed by atoms with Gasteiger partial charge in [0.25, 0.3) is 6.47 Å². The van der Waals surface area contributed by atoms with Crippen molar-refractivity contribution in [3.8, 4) is 5.75 Å². The molecule has 0 aromatic heterocycles. The van der Waals surface area contributed by atoms with E-state index >= 15 is 0 Å². The molecule has 0 atom stereocenters. The van der Waals surface area contributed by atoms with Gasteiger partial charge in [0.05, 0.1) is 0 Å². The summed E-state index contributed by atoms with van der Waals surface area (Å²) in [4.78, 5) is 10.1. The zero-order chi connectivity index (χ0) is 9.26. The van der Waals surface area contributed by atoms with Crippen LogP contribution in [-0.2, 0) is 4.79 Å². The van der Waals surface area contributed by atoms with Crippen LogP contribution in [0, 0.1) is 3.57 Å². The molecule has 1 aromatic rings. The molecule has 1 aromatic carbocycles. The minimum Gasteiger partial charge on any atom is -0.429 e. The van der Waals surface area contributed by atoms with Crippen LogP contribution in [0.4, 0.5) is 0 Å². The van der Waals surface area contributed by atoms with Crippen molar-refractivity contribution in [2.75, 3.05) is 0 Å². The van der Waals surface area contributed by atoms with Crippen LogP contribution in [0.25, 0.3) is 0 Å². The molecular weight excluding hydrogens is 279 g/mol. The van der Waals surface area contributed by atoms with E-state index in [1.807, 2.05) is 12.1 Å². The number of rotatable bonds is 3. The second-order valence-corrected chi connectivity index (χ2v) is 4.33. The van der Waals surface area contributed by atoms with Gasteiger partial charge >= 0.3 is 0 Å². The van der Waals surface area contributed by atoms with E-state index in [-0.39, 0.29) is 0 Å². The van der Waals surface area contributed by atoms with E-state index in [1.165, 1.54) is 22.0 Å². The monoisotopic (exact) mass is 288 g/mol. The van der Waals surface area contributed by atoms with Crippen LogP contribution >= 0.6 is 22.6 Å². The third-order valence-electron chi connectivity index (χ3n) is 2.17. The van der Waals surface area contributed by atoms with E-state index in [9.17, 15) is 4.79 Å². The Morgan fingerprint density at radius 1 is 1.46 bits per heavy atom. The summed E-state index contributed by atoms with van der Waals surface area (Å²) in [5.74, 6) is 1.38. The zero-order valence-electron chi connectivity index (χ0n) is 7.00. The topological polar surface area (TPSA) is 26.3 Å². The lowest BCUT2D eigenvalue weighted by atomic mass is 10.1. The number of hydrogen-bond donors (Lipinski definition) is 0. The first-order valence-corrected chi connectivity index (χ1v) is 5.29. The maximum Gasteiger partial charge on any atom is 0.298 e. The summed E-state index contributed by atoms with van der Waals surface area (Å²) < 4.78 is 5.95. The van der Waals surface area contributed by atoms with Gasteiger partial charge in [0, 0.05) is 3.57 Å². The van der Waals surface area contributed by atoms with Gasteiger partial charge in [-0.25, -0.2) is 0 Å².